The molecular weight excluding hydrogens is 428 g/mol. The van der Waals surface area contributed by atoms with Crippen molar-refractivity contribution in [3.05, 3.63) is 34.4 Å². The Morgan fingerprint density at radius 1 is 0.536 bits per heavy atom. The second-order valence-electron chi connectivity index (χ2n) is 5.88. The topological polar surface area (TPSA) is 40.5 Å². The van der Waals surface area contributed by atoms with Crippen molar-refractivity contribution in [3.63, 3.8) is 0 Å². The number of rotatable bonds is 4. The number of aryl methyl sites for hydroxylation is 2. The van der Waals surface area contributed by atoms with Gasteiger partial charge in [-0.25, -0.2) is 8.78 Å². The van der Waals surface area contributed by atoms with Crippen LogP contribution in [0.4, 0.5) is 52.7 Å². The van der Waals surface area contributed by atoms with Gasteiger partial charge in [0.1, 0.15) is 0 Å². The third kappa shape index (κ3) is 3.40. The summed E-state index contributed by atoms with van der Waals surface area (Å²) in [7, 11) is 0. The van der Waals surface area contributed by atoms with Gasteiger partial charge in [-0.1, -0.05) is 12.1 Å². The number of hydrogen-bond donors (Lipinski definition) is 2. The zero-order valence-electron chi connectivity index (χ0n) is 13.6. The Bertz CT molecular complexity index is 647. The van der Waals surface area contributed by atoms with Crippen molar-refractivity contribution in [1.29, 1.82) is 0 Å². The van der Waals surface area contributed by atoms with Crippen LogP contribution < -0.4 is 0 Å². The molecule has 0 radical (unpaired) electrons. The van der Waals surface area contributed by atoms with Crippen molar-refractivity contribution in [1.82, 2.24) is 0 Å². The lowest BCUT2D eigenvalue weighted by Gasteiger charge is -2.36. The standard InChI is InChI=1S/C14H10F12O2/c1-5-3-8(10(16,12(20,21)22)14(25,26)28)6(2)4-7(5)9(15,11(17,18)19)13(23,24)27/h3-4,27-28H,1-2H3. The molecule has 1 aromatic carbocycles. The molecule has 0 aliphatic carbocycles. The maximum atomic E-state index is 14.2. The van der Waals surface area contributed by atoms with Gasteiger partial charge in [-0.05, 0) is 25.0 Å². The normalized spacial score (nSPS) is 18.6. The number of aliphatic hydroxyl groups is 2. The monoisotopic (exact) mass is 438 g/mol. The summed E-state index contributed by atoms with van der Waals surface area (Å²) in [6.07, 6.45) is -25.3. The first-order chi connectivity index (χ1) is 12.0. The highest BCUT2D eigenvalue weighted by Gasteiger charge is 2.74. The van der Waals surface area contributed by atoms with Gasteiger partial charge in [0, 0.05) is 11.1 Å². The SMILES string of the molecule is Cc1cc(C(F)(C(O)(F)F)C(F)(F)F)c(C)cc1C(F)(C(O)(F)F)C(F)(F)F. The molecule has 2 nitrogen and oxygen atoms in total. The molecule has 28 heavy (non-hydrogen) atoms. The second kappa shape index (κ2) is 6.40. The quantitative estimate of drug-likeness (QED) is 0.655. The van der Waals surface area contributed by atoms with E-state index >= 15 is 0 Å². The average molecular weight is 438 g/mol. The summed E-state index contributed by atoms with van der Waals surface area (Å²) in [4.78, 5) is 0. The third-order valence-corrected chi connectivity index (χ3v) is 3.92. The minimum absolute atomic E-state index is 0.288. The van der Waals surface area contributed by atoms with Gasteiger partial charge in [-0.15, -0.1) is 0 Å². The maximum Gasteiger partial charge on any atom is 0.435 e. The highest BCUT2D eigenvalue weighted by Crippen LogP contribution is 2.55. The van der Waals surface area contributed by atoms with E-state index in [1.54, 1.807) is 0 Å². The van der Waals surface area contributed by atoms with Crippen LogP contribution >= 0.6 is 0 Å². The zero-order chi connectivity index (χ0) is 22.7. The molecule has 0 aliphatic rings. The molecule has 0 aromatic heterocycles. The first kappa shape index (κ1) is 24.3. The summed E-state index contributed by atoms with van der Waals surface area (Å²) in [6, 6.07) is -0.789. The molecule has 0 aliphatic heterocycles. The molecule has 0 fully saturated rings. The first-order valence-corrected chi connectivity index (χ1v) is 6.87. The molecule has 1 rings (SSSR count). The van der Waals surface area contributed by atoms with Crippen LogP contribution in [0.15, 0.2) is 12.1 Å². The average Bonchev–Trinajstić information content (AvgIpc) is 2.42. The number of alkyl halides is 12. The Hall–Kier alpha value is -1.70. The zero-order valence-corrected chi connectivity index (χ0v) is 13.6. The van der Waals surface area contributed by atoms with E-state index in [1.807, 2.05) is 0 Å². The molecule has 0 amide bonds. The van der Waals surface area contributed by atoms with E-state index in [-0.39, 0.29) is 13.8 Å². The Labute approximate surface area is 148 Å². The number of hydrogen-bond acceptors (Lipinski definition) is 2. The molecule has 0 saturated heterocycles. The Morgan fingerprint density at radius 2 is 0.750 bits per heavy atom. The predicted molar refractivity (Wildman–Crippen MR) is 67.9 cm³/mol. The molecule has 0 heterocycles. The van der Waals surface area contributed by atoms with Gasteiger partial charge in [0.25, 0.3) is 0 Å². The minimum Gasteiger partial charge on any atom is -0.333 e. The number of benzene rings is 1. The largest absolute Gasteiger partial charge is 0.435 e. The van der Waals surface area contributed by atoms with E-state index in [0.29, 0.717) is 0 Å². The van der Waals surface area contributed by atoms with Gasteiger partial charge >= 0.3 is 35.9 Å². The van der Waals surface area contributed by atoms with Crippen LogP contribution in [0.1, 0.15) is 22.3 Å². The smallest absolute Gasteiger partial charge is 0.333 e. The third-order valence-electron chi connectivity index (χ3n) is 3.92. The lowest BCUT2D eigenvalue weighted by atomic mass is 9.82. The Balaban J connectivity index is 3.94. The van der Waals surface area contributed by atoms with Crippen LogP contribution in [0.2, 0.25) is 0 Å². The van der Waals surface area contributed by atoms with E-state index in [4.69, 9.17) is 10.2 Å². The summed E-state index contributed by atoms with van der Waals surface area (Å²) in [5.41, 5.74) is -19.0. The molecule has 162 valence electrons. The van der Waals surface area contributed by atoms with Gasteiger partial charge in [-0.3, -0.25) is 0 Å². The van der Waals surface area contributed by atoms with Crippen LogP contribution in [0.5, 0.6) is 0 Å². The number of halogens is 12. The van der Waals surface area contributed by atoms with E-state index in [0.717, 1.165) is 0 Å². The highest BCUT2D eigenvalue weighted by atomic mass is 19.4. The van der Waals surface area contributed by atoms with Gasteiger partial charge in [-0.2, -0.15) is 43.9 Å². The molecule has 2 N–H and O–H groups in total. The van der Waals surface area contributed by atoms with Crippen molar-refractivity contribution in [2.45, 2.75) is 49.8 Å². The fraction of sp³-hybridized carbons (Fsp3) is 0.571. The first-order valence-electron chi connectivity index (χ1n) is 6.87. The van der Waals surface area contributed by atoms with Gasteiger partial charge in [0.15, 0.2) is 0 Å². The highest BCUT2D eigenvalue weighted by molar-refractivity contribution is 5.45. The van der Waals surface area contributed by atoms with Gasteiger partial charge in [0.05, 0.1) is 0 Å². The molecule has 0 spiro atoms. The minimum atomic E-state index is -6.51. The molecule has 2 atom stereocenters. The molecule has 0 bridgehead atoms. The van der Waals surface area contributed by atoms with E-state index in [9.17, 15) is 52.7 Å². The van der Waals surface area contributed by atoms with Gasteiger partial charge in [0.2, 0.25) is 0 Å². The summed E-state index contributed by atoms with van der Waals surface area (Å²) in [5, 5.41) is 16.8. The molecule has 0 saturated carbocycles. The maximum absolute atomic E-state index is 14.2. The van der Waals surface area contributed by atoms with E-state index in [1.165, 1.54) is 0 Å². The van der Waals surface area contributed by atoms with E-state index < -0.39 is 70.3 Å². The van der Waals surface area contributed by atoms with Crippen LogP contribution in [0.25, 0.3) is 0 Å². The van der Waals surface area contributed by atoms with Crippen LogP contribution in [0.3, 0.4) is 0 Å². The van der Waals surface area contributed by atoms with Gasteiger partial charge < -0.3 is 10.2 Å². The Morgan fingerprint density at radius 3 is 0.893 bits per heavy atom. The lowest BCUT2D eigenvalue weighted by molar-refractivity contribution is -0.377. The summed E-state index contributed by atoms with van der Waals surface area (Å²) < 4.78 is 158. The fourth-order valence-electron chi connectivity index (χ4n) is 2.53. The summed E-state index contributed by atoms with van der Waals surface area (Å²) >= 11 is 0. The van der Waals surface area contributed by atoms with Crippen LogP contribution in [-0.4, -0.2) is 34.8 Å². The van der Waals surface area contributed by atoms with Crippen molar-refractivity contribution in [3.8, 4) is 0 Å². The molecular formula is C14H10F12O2. The predicted octanol–water partition coefficient (Wildman–Crippen LogP) is 4.93. The fourth-order valence-corrected chi connectivity index (χ4v) is 2.53. The summed E-state index contributed by atoms with van der Waals surface area (Å²) in [6.45, 7) is 0.576. The summed E-state index contributed by atoms with van der Waals surface area (Å²) in [5.74, 6) is 0. The lowest BCUT2D eigenvalue weighted by Crippen LogP contribution is -2.54. The second-order valence-corrected chi connectivity index (χ2v) is 5.88. The van der Waals surface area contributed by atoms with Crippen molar-refractivity contribution < 1.29 is 62.9 Å². The van der Waals surface area contributed by atoms with Crippen molar-refractivity contribution >= 4 is 0 Å². The van der Waals surface area contributed by atoms with Crippen LogP contribution in [0, 0.1) is 13.8 Å². The van der Waals surface area contributed by atoms with E-state index in [2.05, 4.69) is 0 Å². The molecule has 1 aromatic rings. The van der Waals surface area contributed by atoms with Crippen molar-refractivity contribution in [2.75, 3.05) is 0 Å². The van der Waals surface area contributed by atoms with Crippen LogP contribution in [-0.2, 0) is 11.3 Å². The van der Waals surface area contributed by atoms with Crippen molar-refractivity contribution in [2.24, 2.45) is 0 Å². The molecule has 14 heteroatoms. The molecule has 2 unspecified atom stereocenters. The Kier molecular flexibility index (Phi) is 5.57.